The molecule has 1 aromatic heterocycles. The van der Waals surface area contributed by atoms with Crippen LogP contribution < -0.4 is 10.5 Å². The highest BCUT2D eigenvalue weighted by Crippen LogP contribution is 2.33. The van der Waals surface area contributed by atoms with Crippen LogP contribution in [0.2, 0.25) is 0 Å². The van der Waals surface area contributed by atoms with E-state index in [1.807, 2.05) is 0 Å². The summed E-state index contributed by atoms with van der Waals surface area (Å²) in [5, 5.41) is 0.820. The molecule has 0 spiro atoms. The van der Waals surface area contributed by atoms with Gasteiger partial charge in [-0.05, 0) is 41.5 Å². The maximum Gasteiger partial charge on any atom is 0.573 e. The Morgan fingerprint density at radius 1 is 1.09 bits per heavy atom. The number of amides is 1. The summed E-state index contributed by atoms with van der Waals surface area (Å²) in [6, 6.07) is 10.3. The highest BCUT2D eigenvalue weighted by Gasteiger charge is 2.32. The lowest BCUT2D eigenvalue weighted by atomic mass is 10.0. The molecule has 1 amide bonds. The van der Waals surface area contributed by atoms with E-state index in [9.17, 15) is 18.0 Å². The monoisotopic (exact) mass is 459 g/mol. The van der Waals surface area contributed by atoms with Gasteiger partial charge in [0.25, 0.3) is 5.91 Å². The quantitative estimate of drug-likeness (QED) is 0.638. The Bertz CT molecular complexity index is 1210. The number of pyridine rings is 1. The number of benzene rings is 2. The average molecular weight is 459 g/mol. The average Bonchev–Trinajstić information content (AvgIpc) is 3.29. The second kappa shape index (κ2) is 8.20. The molecule has 1 atom stereocenters. The minimum atomic E-state index is -4.77. The van der Waals surface area contributed by atoms with Crippen molar-refractivity contribution < 1.29 is 32.2 Å². The number of nitrogen functional groups attached to an aromatic ring is 1. The molecule has 10 heteroatoms. The number of hydrogen-bond donors (Lipinski definition) is 1. The third-order valence-corrected chi connectivity index (χ3v) is 5.86. The van der Waals surface area contributed by atoms with Crippen LogP contribution in [0.25, 0.3) is 10.9 Å². The highest BCUT2D eigenvalue weighted by molar-refractivity contribution is 5.99. The maximum atomic E-state index is 13.5. The number of halogens is 3. The van der Waals surface area contributed by atoms with Crippen molar-refractivity contribution in [3.8, 4) is 5.75 Å². The van der Waals surface area contributed by atoms with Crippen molar-refractivity contribution >= 4 is 22.6 Å². The van der Waals surface area contributed by atoms with Gasteiger partial charge in [-0.1, -0.05) is 12.1 Å². The number of alkyl halides is 3. The zero-order chi connectivity index (χ0) is 23.2. The smallest absolute Gasteiger partial charge is 0.406 e. The summed E-state index contributed by atoms with van der Waals surface area (Å²) in [4.78, 5) is 19.6. The third-order valence-electron chi connectivity index (χ3n) is 5.86. The fraction of sp³-hybridized carbons (Fsp3) is 0.304. The van der Waals surface area contributed by atoms with Crippen molar-refractivity contribution in [3.63, 3.8) is 0 Å². The molecule has 1 fully saturated rings. The lowest BCUT2D eigenvalue weighted by molar-refractivity contribution is -0.274. The molecule has 2 aromatic carbocycles. The molecule has 2 aliphatic rings. The summed E-state index contributed by atoms with van der Waals surface area (Å²) >= 11 is 0. The van der Waals surface area contributed by atoms with Gasteiger partial charge in [0.15, 0.2) is 0 Å². The van der Waals surface area contributed by atoms with Crippen LogP contribution in [0.1, 0.15) is 33.1 Å². The van der Waals surface area contributed by atoms with Gasteiger partial charge < -0.3 is 24.8 Å². The number of morpholine rings is 1. The molecular formula is C23H20F3N3O4. The van der Waals surface area contributed by atoms with E-state index in [2.05, 4.69) is 9.72 Å². The van der Waals surface area contributed by atoms with E-state index in [1.54, 1.807) is 23.1 Å². The minimum absolute atomic E-state index is 0.203. The number of rotatable bonds is 3. The Morgan fingerprint density at radius 2 is 1.85 bits per heavy atom. The lowest BCUT2D eigenvalue weighted by Gasteiger charge is -2.36. The van der Waals surface area contributed by atoms with Crippen molar-refractivity contribution in [2.24, 2.45) is 0 Å². The predicted octanol–water partition coefficient (Wildman–Crippen LogP) is 3.96. The van der Waals surface area contributed by atoms with Crippen LogP contribution in [0.4, 0.5) is 19.0 Å². The van der Waals surface area contributed by atoms with Crippen molar-refractivity contribution in [1.29, 1.82) is 0 Å². The van der Waals surface area contributed by atoms with E-state index in [0.717, 1.165) is 16.5 Å². The van der Waals surface area contributed by atoms with Crippen LogP contribution in [0.5, 0.6) is 5.75 Å². The molecule has 0 aliphatic carbocycles. The van der Waals surface area contributed by atoms with Gasteiger partial charge in [0.2, 0.25) is 0 Å². The molecule has 0 saturated carbocycles. The van der Waals surface area contributed by atoms with Gasteiger partial charge in [-0.15, -0.1) is 13.2 Å². The van der Waals surface area contributed by atoms with E-state index in [-0.39, 0.29) is 18.3 Å². The summed E-state index contributed by atoms with van der Waals surface area (Å²) in [7, 11) is 0. The molecule has 33 heavy (non-hydrogen) atoms. The van der Waals surface area contributed by atoms with Crippen LogP contribution in [0.3, 0.4) is 0 Å². The molecule has 2 aliphatic heterocycles. The molecule has 5 rings (SSSR count). The Balaban J connectivity index is 1.44. The standard InChI is InChI=1S/C23H20F3N3O4/c24-23(25,26)33-15-4-1-13(2-5-15)20-12-31-8-7-29(20)22(30)14-3-6-19-16(9-14)17-10-32-11-18(17)21(27)28-19/h1-6,9,20H,7-8,10-12H2,(H2,27,28)/t20-/m1/s1. The first-order valence-corrected chi connectivity index (χ1v) is 10.3. The zero-order valence-electron chi connectivity index (χ0n) is 17.4. The first-order chi connectivity index (χ1) is 15.8. The van der Waals surface area contributed by atoms with Crippen molar-refractivity contribution in [2.45, 2.75) is 25.6 Å². The molecule has 172 valence electrons. The summed E-state index contributed by atoms with van der Waals surface area (Å²) in [6.07, 6.45) is -4.77. The van der Waals surface area contributed by atoms with Gasteiger partial charge >= 0.3 is 6.36 Å². The van der Waals surface area contributed by atoms with Crippen molar-refractivity contribution in [1.82, 2.24) is 9.88 Å². The molecule has 0 radical (unpaired) electrons. The largest absolute Gasteiger partial charge is 0.573 e. The molecule has 1 saturated heterocycles. The van der Waals surface area contributed by atoms with E-state index >= 15 is 0 Å². The number of carbonyl (C=O) groups is 1. The maximum absolute atomic E-state index is 13.5. The van der Waals surface area contributed by atoms with Gasteiger partial charge in [0, 0.05) is 23.1 Å². The molecule has 7 nitrogen and oxygen atoms in total. The van der Waals surface area contributed by atoms with Crippen LogP contribution in [0, 0.1) is 0 Å². The molecule has 3 aromatic rings. The fourth-order valence-corrected chi connectivity index (χ4v) is 4.28. The van der Waals surface area contributed by atoms with Gasteiger partial charge in [0.05, 0.1) is 38.0 Å². The van der Waals surface area contributed by atoms with Crippen LogP contribution in [-0.4, -0.2) is 41.9 Å². The molecular weight excluding hydrogens is 439 g/mol. The lowest BCUT2D eigenvalue weighted by Crippen LogP contribution is -2.43. The Labute approximate surface area is 186 Å². The molecule has 3 heterocycles. The van der Waals surface area contributed by atoms with Gasteiger partial charge in [-0.25, -0.2) is 4.98 Å². The predicted molar refractivity (Wildman–Crippen MR) is 112 cm³/mol. The third kappa shape index (κ3) is 4.19. The first-order valence-electron chi connectivity index (χ1n) is 10.3. The molecule has 0 unspecified atom stereocenters. The number of carbonyl (C=O) groups excluding carboxylic acids is 1. The summed E-state index contributed by atoms with van der Waals surface area (Å²) < 4.78 is 52.4. The van der Waals surface area contributed by atoms with Crippen molar-refractivity contribution in [2.75, 3.05) is 25.5 Å². The Morgan fingerprint density at radius 3 is 2.61 bits per heavy atom. The summed E-state index contributed by atoms with van der Waals surface area (Å²) in [6.45, 7) is 1.75. The Kier molecular flexibility index (Phi) is 5.34. The topological polar surface area (TPSA) is 86.9 Å². The van der Waals surface area contributed by atoms with Crippen molar-refractivity contribution in [3.05, 3.63) is 64.7 Å². The summed E-state index contributed by atoms with van der Waals surface area (Å²) in [5.41, 5.74) is 9.63. The highest BCUT2D eigenvalue weighted by atomic mass is 19.4. The normalized spacial score (nSPS) is 18.4. The minimum Gasteiger partial charge on any atom is -0.406 e. The van der Waals surface area contributed by atoms with Crippen LogP contribution in [0.15, 0.2) is 42.5 Å². The second-order valence-electron chi connectivity index (χ2n) is 7.88. The van der Waals surface area contributed by atoms with Crippen LogP contribution in [-0.2, 0) is 22.7 Å². The Hall–Kier alpha value is -3.37. The van der Waals surface area contributed by atoms with Gasteiger partial charge in [-0.3, -0.25) is 4.79 Å². The first kappa shape index (κ1) is 21.5. The number of fused-ring (bicyclic) bond motifs is 3. The molecule has 2 N–H and O–H groups in total. The van der Waals surface area contributed by atoms with E-state index in [1.165, 1.54) is 24.3 Å². The second-order valence-corrected chi connectivity index (χ2v) is 7.88. The SMILES string of the molecule is Nc1nc2ccc(C(=O)N3CCOC[C@@H]3c3ccc(OC(F)(F)F)cc3)cc2c2c1COC2. The van der Waals surface area contributed by atoms with E-state index in [0.29, 0.717) is 48.8 Å². The fourth-order valence-electron chi connectivity index (χ4n) is 4.28. The van der Waals surface area contributed by atoms with Gasteiger partial charge in [0.1, 0.15) is 11.6 Å². The number of hydrogen-bond acceptors (Lipinski definition) is 6. The number of nitrogens with zero attached hydrogens (tertiary/aromatic N) is 2. The van der Waals surface area contributed by atoms with Gasteiger partial charge in [-0.2, -0.15) is 0 Å². The van der Waals surface area contributed by atoms with Crippen LogP contribution >= 0.6 is 0 Å². The number of anilines is 1. The summed E-state index contributed by atoms with van der Waals surface area (Å²) in [5.74, 6) is -0.0937. The molecule has 0 bridgehead atoms. The number of aromatic nitrogens is 1. The van der Waals surface area contributed by atoms with E-state index in [4.69, 9.17) is 15.2 Å². The zero-order valence-corrected chi connectivity index (χ0v) is 17.4. The number of ether oxygens (including phenoxy) is 3. The number of nitrogens with two attached hydrogens (primary N) is 1. The van der Waals surface area contributed by atoms with E-state index < -0.39 is 12.4 Å².